The van der Waals surface area contributed by atoms with E-state index >= 15 is 0 Å². The summed E-state index contributed by atoms with van der Waals surface area (Å²) in [7, 11) is -4.34. The summed E-state index contributed by atoms with van der Waals surface area (Å²) >= 11 is 1.30. The maximum absolute atomic E-state index is 13.1. The molecule has 0 saturated carbocycles. The van der Waals surface area contributed by atoms with Crippen LogP contribution in [0.2, 0.25) is 0 Å². The normalized spacial score (nSPS) is 12.3. The molecule has 4 nitrogen and oxygen atoms in total. The average Bonchev–Trinajstić information content (AvgIpc) is 3.01. The molecule has 1 heterocycles. The van der Waals surface area contributed by atoms with Crippen molar-refractivity contribution in [2.45, 2.75) is 24.5 Å². The molecule has 0 atom stereocenters. The van der Waals surface area contributed by atoms with Gasteiger partial charge < -0.3 is 0 Å². The van der Waals surface area contributed by atoms with Crippen LogP contribution in [-0.2, 0) is 22.7 Å². The van der Waals surface area contributed by atoms with Gasteiger partial charge in [0.05, 0.1) is 16.2 Å². The van der Waals surface area contributed by atoms with Crippen molar-refractivity contribution >= 4 is 21.4 Å². The van der Waals surface area contributed by atoms with Crippen molar-refractivity contribution in [2.75, 3.05) is 0 Å². The van der Waals surface area contributed by atoms with Crippen LogP contribution in [0.3, 0.4) is 0 Å². The van der Waals surface area contributed by atoms with Gasteiger partial charge in [-0.1, -0.05) is 42.5 Å². The monoisotopic (exact) mass is 412 g/mol. The van der Waals surface area contributed by atoms with E-state index in [1.807, 2.05) is 30.3 Å². The highest BCUT2D eigenvalue weighted by Gasteiger charge is 2.36. The van der Waals surface area contributed by atoms with Gasteiger partial charge in [-0.15, -0.1) is 11.3 Å². The number of aromatic nitrogens is 1. The number of hydrogen-bond donors (Lipinski definition) is 1. The standard InChI is InChI=1S/C18H15F3N2O2S2/c1-12-15(26-17(23-12)13-7-3-2-4-8-13)11-22-27(24,25)16-10-6-5-9-14(16)18(19,20)21/h2-10,22H,11H2,1H3. The number of halogens is 3. The smallest absolute Gasteiger partial charge is 0.241 e. The Bertz CT molecular complexity index is 1050. The van der Waals surface area contributed by atoms with E-state index in [2.05, 4.69) is 9.71 Å². The summed E-state index contributed by atoms with van der Waals surface area (Å²) < 4.78 is 66.4. The fourth-order valence-electron chi connectivity index (χ4n) is 2.47. The van der Waals surface area contributed by atoms with Crippen LogP contribution in [-0.4, -0.2) is 13.4 Å². The molecular formula is C18H15F3N2O2S2. The molecule has 142 valence electrons. The van der Waals surface area contributed by atoms with E-state index in [1.54, 1.807) is 6.92 Å². The van der Waals surface area contributed by atoms with Crippen LogP contribution in [0.1, 0.15) is 16.1 Å². The van der Waals surface area contributed by atoms with Crippen molar-refractivity contribution in [2.24, 2.45) is 0 Å². The molecule has 27 heavy (non-hydrogen) atoms. The van der Waals surface area contributed by atoms with Crippen LogP contribution in [0.5, 0.6) is 0 Å². The Labute approximate surface area is 158 Å². The minimum atomic E-state index is -4.76. The average molecular weight is 412 g/mol. The van der Waals surface area contributed by atoms with Gasteiger partial charge in [0.2, 0.25) is 10.0 Å². The number of nitrogens with zero attached hydrogens (tertiary/aromatic N) is 1. The van der Waals surface area contributed by atoms with Gasteiger partial charge in [0.1, 0.15) is 5.01 Å². The fourth-order valence-corrected chi connectivity index (χ4v) is 4.79. The number of aryl methyl sites for hydroxylation is 1. The molecular weight excluding hydrogens is 397 g/mol. The van der Waals surface area contributed by atoms with Crippen LogP contribution in [0, 0.1) is 6.92 Å². The van der Waals surface area contributed by atoms with Crippen molar-refractivity contribution in [3.63, 3.8) is 0 Å². The third kappa shape index (κ3) is 4.37. The lowest BCUT2D eigenvalue weighted by Crippen LogP contribution is -2.26. The lowest BCUT2D eigenvalue weighted by Gasteiger charge is -2.13. The van der Waals surface area contributed by atoms with E-state index in [9.17, 15) is 21.6 Å². The molecule has 3 rings (SSSR count). The second-order valence-electron chi connectivity index (χ2n) is 5.71. The van der Waals surface area contributed by atoms with Gasteiger partial charge in [0.25, 0.3) is 0 Å². The topological polar surface area (TPSA) is 59.1 Å². The van der Waals surface area contributed by atoms with Crippen molar-refractivity contribution in [1.82, 2.24) is 9.71 Å². The Morgan fingerprint density at radius 2 is 1.67 bits per heavy atom. The summed E-state index contributed by atoms with van der Waals surface area (Å²) in [6, 6.07) is 13.5. The van der Waals surface area contributed by atoms with Gasteiger partial charge in [-0.2, -0.15) is 13.2 Å². The Morgan fingerprint density at radius 1 is 1.04 bits per heavy atom. The summed E-state index contributed by atoms with van der Waals surface area (Å²) in [6.45, 7) is 1.60. The van der Waals surface area contributed by atoms with E-state index in [0.29, 0.717) is 10.6 Å². The van der Waals surface area contributed by atoms with Crippen molar-refractivity contribution in [1.29, 1.82) is 0 Å². The Kier molecular flexibility index (Phi) is 5.36. The number of sulfonamides is 1. The Hall–Kier alpha value is -2.23. The van der Waals surface area contributed by atoms with Crippen molar-refractivity contribution < 1.29 is 21.6 Å². The van der Waals surface area contributed by atoms with Crippen LogP contribution in [0.4, 0.5) is 13.2 Å². The van der Waals surface area contributed by atoms with Crippen LogP contribution in [0.25, 0.3) is 10.6 Å². The van der Waals surface area contributed by atoms with E-state index in [0.717, 1.165) is 28.8 Å². The van der Waals surface area contributed by atoms with E-state index in [1.165, 1.54) is 17.4 Å². The zero-order valence-electron chi connectivity index (χ0n) is 14.1. The molecule has 0 unspecified atom stereocenters. The first-order valence-electron chi connectivity index (χ1n) is 7.86. The quantitative estimate of drug-likeness (QED) is 0.666. The molecule has 0 spiro atoms. The van der Waals surface area contributed by atoms with Gasteiger partial charge in [0, 0.05) is 17.0 Å². The Balaban J connectivity index is 1.84. The molecule has 0 bridgehead atoms. The molecule has 3 aromatic rings. The van der Waals surface area contributed by atoms with Crippen LogP contribution in [0.15, 0.2) is 59.5 Å². The Morgan fingerprint density at radius 3 is 2.33 bits per heavy atom. The number of alkyl halides is 3. The van der Waals surface area contributed by atoms with Crippen LogP contribution < -0.4 is 4.72 Å². The minimum Gasteiger partial charge on any atom is -0.241 e. The lowest BCUT2D eigenvalue weighted by atomic mass is 10.2. The second kappa shape index (κ2) is 7.41. The van der Waals surface area contributed by atoms with Crippen molar-refractivity contribution in [3.8, 4) is 10.6 Å². The number of benzene rings is 2. The first kappa shape index (κ1) is 19.5. The molecule has 0 aliphatic carbocycles. The third-order valence-electron chi connectivity index (χ3n) is 3.82. The minimum absolute atomic E-state index is 0.134. The molecule has 0 radical (unpaired) electrons. The zero-order valence-corrected chi connectivity index (χ0v) is 15.8. The molecule has 0 amide bonds. The number of nitrogens with one attached hydrogen (secondary N) is 1. The largest absolute Gasteiger partial charge is 0.417 e. The molecule has 1 aromatic heterocycles. The lowest BCUT2D eigenvalue weighted by molar-refractivity contribution is -0.139. The molecule has 0 aliphatic heterocycles. The fraction of sp³-hybridized carbons (Fsp3) is 0.167. The predicted molar refractivity (Wildman–Crippen MR) is 97.8 cm³/mol. The highest BCUT2D eigenvalue weighted by atomic mass is 32.2. The van der Waals surface area contributed by atoms with Crippen LogP contribution >= 0.6 is 11.3 Å². The number of hydrogen-bond acceptors (Lipinski definition) is 4. The predicted octanol–water partition coefficient (Wildman–Crippen LogP) is 4.62. The summed E-state index contributed by atoms with van der Waals surface area (Å²) in [4.78, 5) is 4.27. The summed E-state index contributed by atoms with van der Waals surface area (Å²) in [5.41, 5.74) is 0.330. The highest BCUT2D eigenvalue weighted by molar-refractivity contribution is 7.89. The molecule has 2 aromatic carbocycles. The van der Waals surface area contributed by atoms with E-state index in [-0.39, 0.29) is 6.54 Å². The SMILES string of the molecule is Cc1nc(-c2ccccc2)sc1CNS(=O)(=O)c1ccccc1C(F)(F)F. The molecule has 1 N–H and O–H groups in total. The van der Waals surface area contributed by atoms with Gasteiger partial charge in [0.15, 0.2) is 0 Å². The number of rotatable bonds is 5. The molecule has 9 heteroatoms. The molecule has 0 aliphatic rings. The third-order valence-corrected chi connectivity index (χ3v) is 6.48. The summed E-state index contributed by atoms with van der Waals surface area (Å²) in [6.07, 6.45) is -4.76. The zero-order chi connectivity index (χ0) is 19.7. The molecule has 0 fully saturated rings. The summed E-state index contributed by atoms with van der Waals surface area (Å²) in [5.74, 6) is 0. The van der Waals surface area contributed by atoms with Gasteiger partial charge in [-0.3, -0.25) is 0 Å². The second-order valence-corrected chi connectivity index (χ2v) is 8.53. The molecule has 0 saturated heterocycles. The van der Waals surface area contributed by atoms with Gasteiger partial charge in [-0.25, -0.2) is 18.1 Å². The van der Waals surface area contributed by atoms with E-state index < -0.39 is 26.7 Å². The maximum Gasteiger partial charge on any atom is 0.417 e. The first-order chi connectivity index (χ1) is 12.7. The first-order valence-corrected chi connectivity index (χ1v) is 10.2. The highest BCUT2D eigenvalue weighted by Crippen LogP contribution is 2.34. The summed E-state index contributed by atoms with van der Waals surface area (Å²) in [5, 5.41) is 0.720. The number of thiazole rings is 1. The van der Waals surface area contributed by atoms with Gasteiger partial charge in [-0.05, 0) is 19.1 Å². The van der Waals surface area contributed by atoms with Gasteiger partial charge >= 0.3 is 6.18 Å². The maximum atomic E-state index is 13.1. The van der Waals surface area contributed by atoms with Crippen molar-refractivity contribution in [3.05, 3.63) is 70.7 Å². The van der Waals surface area contributed by atoms with E-state index in [4.69, 9.17) is 0 Å².